The highest BCUT2D eigenvalue weighted by Crippen LogP contribution is 2.28. The van der Waals surface area contributed by atoms with E-state index in [-0.39, 0.29) is 20.6 Å². The van der Waals surface area contributed by atoms with Gasteiger partial charge < -0.3 is 5.21 Å². The normalized spacial score (nSPS) is 12.8. The molecule has 11 nitrogen and oxygen atoms in total. The van der Waals surface area contributed by atoms with Gasteiger partial charge in [-0.3, -0.25) is 13.7 Å². The van der Waals surface area contributed by atoms with Gasteiger partial charge in [0, 0.05) is 31.6 Å². The van der Waals surface area contributed by atoms with Crippen LogP contribution in [-0.2, 0) is 24.6 Å². The molecule has 2 aromatic heterocycles. The van der Waals surface area contributed by atoms with Gasteiger partial charge in [-0.05, 0) is 6.07 Å². The van der Waals surface area contributed by atoms with Crippen LogP contribution in [0.3, 0.4) is 0 Å². The van der Waals surface area contributed by atoms with Gasteiger partial charge in [-0.1, -0.05) is 11.6 Å². The SMILES string of the molecule is COS(=O)(=O)c1cc(Cl)c(C=[N+]([O-])c2ccncc2)c(N(C)S(=O)(=O)O)n1. The maximum absolute atomic E-state index is 12.3. The van der Waals surface area contributed by atoms with Gasteiger partial charge >= 0.3 is 20.4 Å². The Balaban J connectivity index is 2.77. The molecule has 0 aliphatic heterocycles. The van der Waals surface area contributed by atoms with E-state index in [0.29, 0.717) is 4.74 Å². The van der Waals surface area contributed by atoms with Crippen molar-refractivity contribution in [1.82, 2.24) is 9.97 Å². The van der Waals surface area contributed by atoms with E-state index in [1.54, 1.807) is 0 Å². The topological polar surface area (TPSA) is 153 Å². The Bertz CT molecular complexity index is 1090. The lowest BCUT2D eigenvalue weighted by molar-refractivity contribution is -0.354. The summed E-state index contributed by atoms with van der Waals surface area (Å²) < 4.78 is 60.9. The maximum Gasteiger partial charge on any atom is 0.360 e. The summed E-state index contributed by atoms with van der Waals surface area (Å²) in [4.78, 5) is 7.43. The highest BCUT2D eigenvalue weighted by molar-refractivity contribution is 7.87. The molecule has 0 fully saturated rings. The summed E-state index contributed by atoms with van der Waals surface area (Å²) in [6, 6.07) is 3.63. The predicted molar refractivity (Wildman–Crippen MR) is 96.1 cm³/mol. The van der Waals surface area contributed by atoms with Crippen LogP contribution in [-0.4, -0.2) is 56.5 Å². The molecule has 14 heteroatoms. The van der Waals surface area contributed by atoms with E-state index in [9.17, 15) is 26.6 Å². The summed E-state index contributed by atoms with van der Waals surface area (Å²) in [5.41, 5.74) is -0.117. The van der Waals surface area contributed by atoms with E-state index in [1.807, 2.05) is 0 Å². The third kappa shape index (κ3) is 4.70. The van der Waals surface area contributed by atoms with Crippen LogP contribution in [0, 0.1) is 5.21 Å². The van der Waals surface area contributed by atoms with Crippen molar-refractivity contribution in [3.8, 4) is 0 Å². The number of halogens is 1. The summed E-state index contributed by atoms with van der Waals surface area (Å²) >= 11 is 6.05. The molecule has 27 heavy (non-hydrogen) atoms. The van der Waals surface area contributed by atoms with E-state index in [1.165, 1.54) is 24.5 Å². The Morgan fingerprint density at radius 2 is 1.89 bits per heavy atom. The van der Waals surface area contributed by atoms with Gasteiger partial charge in [0.25, 0.3) is 0 Å². The quantitative estimate of drug-likeness (QED) is 0.174. The number of anilines is 1. The van der Waals surface area contributed by atoms with E-state index in [2.05, 4.69) is 14.2 Å². The minimum absolute atomic E-state index is 0.134. The molecule has 0 unspecified atom stereocenters. The molecule has 0 aromatic carbocycles. The fourth-order valence-corrected chi connectivity index (χ4v) is 3.15. The Morgan fingerprint density at radius 1 is 1.30 bits per heavy atom. The summed E-state index contributed by atoms with van der Waals surface area (Å²) in [6.07, 6.45) is 3.59. The second kappa shape index (κ2) is 7.74. The molecule has 0 radical (unpaired) electrons. The third-order valence-corrected chi connectivity index (χ3v) is 5.59. The third-order valence-electron chi connectivity index (χ3n) is 3.25. The second-order valence-electron chi connectivity index (χ2n) is 4.91. The smallest absolute Gasteiger partial charge is 0.360 e. The van der Waals surface area contributed by atoms with Crippen LogP contribution in [0.15, 0.2) is 35.6 Å². The molecular weight excluding hydrogens is 424 g/mol. The number of hydrogen-bond acceptors (Lipinski definition) is 8. The Hall–Kier alpha value is -2.32. The molecular formula is C13H13ClN4O7S2. The van der Waals surface area contributed by atoms with Crippen LogP contribution in [0.5, 0.6) is 0 Å². The molecule has 2 rings (SSSR count). The van der Waals surface area contributed by atoms with E-state index in [0.717, 1.165) is 26.4 Å². The van der Waals surface area contributed by atoms with Crippen molar-refractivity contribution in [3.63, 3.8) is 0 Å². The molecule has 0 atom stereocenters. The van der Waals surface area contributed by atoms with Crippen LogP contribution in [0.25, 0.3) is 0 Å². The average molecular weight is 437 g/mol. The number of nitrogens with zero attached hydrogens (tertiary/aromatic N) is 4. The molecule has 146 valence electrons. The highest BCUT2D eigenvalue weighted by atomic mass is 35.5. The average Bonchev–Trinajstić information content (AvgIpc) is 2.62. The monoisotopic (exact) mass is 436 g/mol. The van der Waals surface area contributed by atoms with Crippen molar-refractivity contribution < 1.29 is 30.3 Å². The van der Waals surface area contributed by atoms with Crippen LogP contribution >= 0.6 is 11.6 Å². The molecule has 0 aliphatic rings. The predicted octanol–water partition coefficient (Wildman–Crippen LogP) is 0.965. The standard InChI is InChI=1S/C13H13ClN4O7S2/c1-17(27(22,23)24)13-10(8-18(19)9-3-5-15-6-4-9)11(14)7-12(16-13)26(20,21)25-2/h3-8H,1-2H3,(H,22,23,24). The van der Waals surface area contributed by atoms with Gasteiger partial charge in [0.15, 0.2) is 17.1 Å². The fourth-order valence-electron chi connectivity index (χ4n) is 1.85. The molecule has 0 aliphatic carbocycles. The minimum atomic E-state index is -4.84. The number of pyridine rings is 2. The van der Waals surface area contributed by atoms with Crippen LogP contribution < -0.4 is 4.31 Å². The van der Waals surface area contributed by atoms with E-state index >= 15 is 0 Å². The van der Waals surface area contributed by atoms with Gasteiger partial charge in [0.05, 0.1) is 12.1 Å². The Labute approximate surface area is 160 Å². The first-order valence-electron chi connectivity index (χ1n) is 6.91. The zero-order chi connectivity index (χ0) is 20.4. The lowest BCUT2D eigenvalue weighted by Crippen LogP contribution is -2.28. The summed E-state index contributed by atoms with van der Waals surface area (Å²) in [6.45, 7) is 0. The van der Waals surface area contributed by atoms with Crippen molar-refractivity contribution in [3.05, 3.63) is 46.4 Å². The molecule has 0 saturated heterocycles. The van der Waals surface area contributed by atoms with Gasteiger partial charge in [-0.2, -0.15) is 21.6 Å². The van der Waals surface area contributed by atoms with Crippen molar-refractivity contribution >= 4 is 49.7 Å². The van der Waals surface area contributed by atoms with E-state index in [4.69, 9.17) is 11.6 Å². The van der Waals surface area contributed by atoms with Gasteiger partial charge in [-0.15, -0.1) is 0 Å². The number of hydrogen-bond donors (Lipinski definition) is 1. The molecule has 0 spiro atoms. The number of aromatic nitrogens is 2. The van der Waals surface area contributed by atoms with Gasteiger partial charge in [-0.25, -0.2) is 9.29 Å². The molecule has 0 bridgehead atoms. The Kier molecular flexibility index (Phi) is 6.01. The van der Waals surface area contributed by atoms with Crippen molar-refractivity contribution in [1.29, 1.82) is 0 Å². The second-order valence-corrected chi connectivity index (χ2v) is 8.42. The summed E-state index contributed by atoms with van der Waals surface area (Å²) in [5, 5.41) is 11.3. The lowest BCUT2D eigenvalue weighted by atomic mass is 10.2. The highest BCUT2D eigenvalue weighted by Gasteiger charge is 2.27. The van der Waals surface area contributed by atoms with Crippen LogP contribution in [0.4, 0.5) is 11.5 Å². The largest absolute Gasteiger partial charge is 0.618 e. The molecule has 2 heterocycles. The van der Waals surface area contributed by atoms with Gasteiger partial charge in [0.1, 0.15) is 5.56 Å². The number of rotatable bonds is 6. The van der Waals surface area contributed by atoms with E-state index < -0.39 is 31.3 Å². The zero-order valence-corrected chi connectivity index (χ0v) is 16.2. The minimum Gasteiger partial charge on any atom is -0.618 e. The van der Waals surface area contributed by atoms with Crippen molar-refractivity contribution in [2.45, 2.75) is 5.03 Å². The first-order chi connectivity index (χ1) is 12.5. The molecule has 1 N–H and O–H groups in total. The lowest BCUT2D eigenvalue weighted by Gasteiger charge is -2.17. The van der Waals surface area contributed by atoms with Crippen LogP contribution in [0.2, 0.25) is 5.02 Å². The summed E-state index contributed by atoms with van der Waals surface area (Å²) in [5.74, 6) is -0.601. The van der Waals surface area contributed by atoms with Crippen LogP contribution in [0.1, 0.15) is 5.56 Å². The van der Waals surface area contributed by atoms with Gasteiger partial charge in [0.2, 0.25) is 5.69 Å². The Morgan fingerprint density at radius 3 is 2.41 bits per heavy atom. The maximum atomic E-state index is 12.3. The zero-order valence-electron chi connectivity index (χ0n) is 13.8. The first-order valence-corrected chi connectivity index (χ1v) is 10.1. The van der Waals surface area contributed by atoms with Crippen molar-refractivity contribution in [2.75, 3.05) is 18.5 Å². The molecule has 0 saturated carbocycles. The molecule has 0 amide bonds. The summed E-state index contributed by atoms with van der Waals surface area (Å²) in [7, 11) is -7.40. The van der Waals surface area contributed by atoms with Crippen molar-refractivity contribution in [2.24, 2.45) is 0 Å². The molecule has 2 aromatic rings. The fraction of sp³-hybridized carbons (Fsp3) is 0.154. The first kappa shape index (κ1) is 21.0.